The van der Waals surface area contributed by atoms with Crippen molar-refractivity contribution in [1.29, 1.82) is 0 Å². The number of aromatic nitrogens is 3. The van der Waals surface area contributed by atoms with Crippen molar-refractivity contribution in [2.24, 2.45) is 11.7 Å². The molecule has 0 bridgehead atoms. The molecule has 1 aromatic carbocycles. The Hall–Kier alpha value is -2.34. The molecule has 0 aliphatic heterocycles. The van der Waals surface area contributed by atoms with Gasteiger partial charge < -0.3 is 10.8 Å². The highest BCUT2D eigenvalue weighted by Gasteiger charge is 2.43. The average Bonchev–Trinajstić information content (AvgIpc) is 2.47. The van der Waals surface area contributed by atoms with E-state index in [1.54, 1.807) is 13.8 Å². The molecular weight excluding hydrogens is 256 g/mol. The first kappa shape index (κ1) is 14.1. The number of carboxylic acids is 1. The van der Waals surface area contributed by atoms with Gasteiger partial charge in [-0.3, -0.25) is 0 Å². The molecular formula is C14H16N4O2. The van der Waals surface area contributed by atoms with Crippen molar-refractivity contribution in [3.05, 3.63) is 42.4 Å². The highest BCUT2D eigenvalue weighted by molar-refractivity contribution is 5.79. The van der Waals surface area contributed by atoms with Crippen LogP contribution in [0.2, 0.25) is 0 Å². The summed E-state index contributed by atoms with van der Waals surface area (Å²) in [5.41, 5.74) is 5.71. The molecule has 0 spiro atoms. The Labute approximate surface area is 116 Å². The van der Waals surface area contributed by atoms with Gasteiger partial charge in [-0.15, -0.1) is 5.10 Å². The van der Waals surface area contributed by atoms with E-state index >= 15 is 0 Å². The molecule has 1 atom stereocenters. The molecule has 6 heteroatoms. The number of carboxylic acid groups (broad SMARTS) is 1. The highest BCUT2D eigenvalue weighted by Crippen LogP contribution is 2.25. The van der Waals surface area contributed by atoms with Crippen LogP contribution in [-0.2, 0) is 10.3 Å². The Kier molecular flexibility index (Phi) is 3.76. The van der Waals surface area contributed by atoms with Gasteiger partial charge in [-0.1, -0.05) is 44.2 Å². The normalized spacial score (nSPS) is 14.0. The number of rotatable bonds is 4. The van der Waals surface area contributed by atoms with E-state index in [2.05, 4.69) is 15.2 Å². The first-order valence-corrected chi connectivity index (χ1v) is 6.24. The predicted molar refractivity (Wildman–Crippen MR) is 73.6 cm³/mol. The summed E-state index contributed by atoms with van der Waals surface area (Å²) < 4.78 is 0. The Morgan fingerprint density at radius 2 is 1.95 bits per heavy atom. The summed E-state index contributed by atoms with van der Waals surface area (Å²) in [5.74, 6) is -1.52. The van der Waals surface area contributed by atoms with Gasteiger partial charge in [0.2, 0.25) is 0 Å². The zero-order valence-electron chi connectivity index (χ0n) is 11.3. The second-order valence-corrected chi connectivity index (χ2v) is 4.86. The Morgan fingerprint density at radius 1 is 1.30 bits per heavy atom. The maximum Gasteiger partial charge on any atom is 0.332 e. The molecule has 0 aliphatic carbocycles. The Morgan fingerprint density at radius 3 is 2.50 bits per heavy atom. The van der Waals surface area contributed by atoms with Gasteiger partial charge in [0.05, 0.1) is 11.9 Å². The van der Waals surface area contributed by atoms with Crippen LogP contribution >= 0.6 is 0 Å². The lowest BCUT2D eigenvalue weighted by Crippen LogP contribution is -2.50. The number of nitrogens with two attached hydrogens (primary N) is 1. The van der Waals surface area contributed by atoms with Crippen LogP contribution in [0.5, 0.6) is 0 Å². The second kappa shape index (κ2) is 5.34. The lowest BCUT2D eigenvalue weighted by atomic mass is 9.86. The quantitative estimate of drug-likeness (QED) is 0.873. The monoisotopic (exact) mass is 272 g/mol. The summed E-state index contributed by atoms with van der Waals surface area (Å²) in [7, 11) is 0. The van der Waals surface area contributed by atoms with E-state index in [1.807, 2.05) is 30.3 Å². The molecule has 104 valence electrons. The van der Waals surface area contributed by atoms with E-state index in [1.165, 1.54) is 6.20 Å². The van der Waals surface area contributed by atoms with Crippen molar-refractivity contribution in [1.82, 2.24) is 15.2 Å². The number of benzene rings is 1. The van der Waals surface area contributed by atoms with Gasteiger partial charge in [0.25, 0.3) is 0 Å². The van der Waals surface area contributed by atoms with Gasteiger partial charge in [0.15, 0.2) is 11.4 Å². The number of hydrogen-bond acceptors (Lipinski definition) is 5. The fourth-order valence-electron chi connectivity index (χ4n) is 1.83. The topological polar surface area (TPSA) is 102 Å². The summed E-state index contributed by atoms with van der Waals surface area (Å²) in [6.45, 7) is 3.43. The van der Waals surface area contributed by atoms with E-state index in [4.69, 9.17) is 5.73 Å². The van der Waals surface area contributed by atoms with Crippen molar-refractivity contribution in [2.45, 2.75) is 19.4 Å². The highest BCUT2D eigenvalue weighted by atomic mass is 16.4. The number of hydrogen-bond donors (Lipinski definition) is 2. The van der Waals surface area contributed by atoms with E-state index in [0.717, 1.165) is 5.56 Å². The van der Waals surface area contributed by atoms with E-state index in [0.29, 0.717) is 5.69 Å². The van der Waals surface area contributed by atoms with Gasteiger partial charge in [-0.2, -0.15) is 5.10 Å². The summed E-state index contributed by atoms with van der Waals surface area (Å²) >= 11 is 0. The molecule has 0 unspecified atom stereocenters. The van der Waals surface area contributed by atoms with Crippen LogP contribution in [-0.4, -0.2) is 26.3 Å². The Bertz CT molecular complexity index is 616. The standard InChI is InChI=1S/C14H16N4O2/c1-9(2)14(15,13(19)20)12-17-11(8-16-18-12)10-6-4-3-5-7-10/h3-9H,15H2,1-2H3,(H,19,20)/t14-/m1/s1. The summed E-state index contributed by atoms with van der Waals surface area (Å²) in [4.78, 5) is 15.8. The van der Waals surface area contributed by atoms with Gasteiger partial charge in [0.1, 0.15) is 0 Å². The van der Waals surface area contributed by atoms with Gasteiger partial charge in [-0.05, 0) is 5.92 Å². The number of aliphatic carboxylic acids is 1. The molecule has 0 amide bonds. The maximum absolute atomic E-state index is 11.5. The van der Waals surface area contributed by atoms with Crippen LogP contribution in [0.1, 0.15) is 19.7 Å². The molecule has 3 N–H and O–H groups in total. The van der Waals surface area contributed by atoms with Crippen molar-refractivity contribution in [2.75, 3.05) is 0 Å². The maximum atomic E-state index is 11.5. The fraction of sp³-hybridized carbons (Fsp3) is 0.286. The van der Waals surface area contributed by atoms with Crippen LogP contribution in [0.4, 0.5) is 0 Å². The largest absolute Gasteiger partial charge is 0.480 e. The summed E-state index contributed by atoms with van der Waals surface area (Å²) in [6.07, 6.45) is 1.49. The van der Waals surface area contributed by atoms with Crippen LogP contribution in [0.25, 0.3) is 11.3 Å². The third-order valence-corrected chi connectivity index (χ3v) is 3.26. The van der Waals surface area contributed by atoms with Crippen LogP contribution < -0.4 is 5.73 Å². The number of carbonyl (C=O) groups is 1. The molecule has 0 fully saturated rings. The first-order chi connectivity index (χ1) is 9.46. The molecule has 2 aromatic rings. The zero-order valence-corrected chi connectivity index (χ0v) is 11.3. The van der Waals surface area contributed by atoms with E-state index in [9.17, 15) is 9.90 Å². The van der Waals surface area contributed by atoms with Crippen molar-refractivity contribution < 1.29 is 9.90 Å². The molecule has 1 heterocycles. The lowest BCUT2D eigenvalue weighted by Gasteiger charge is -2.26. The zero-order chi connectivity index (χ0) is 14.8. The van der Waals surface area contributed by atoms with Crippen LogP contribution in [0.15, 0.2) is 36.5 Å². The van der Waals surface area contributed by atoms with Crippen LogP contribution in [0, 0.1) is 5.92 Å². The van der Waals surface area contributed by atoms with E-state index < -0.39 is 11.5 Å². The predicted octanol–water partition coefficient (Wildman–Crippen LogP) is 1.43. The smallest absolute Gasteiger partial charge is 0.332 e. The molecule has 0 saturated heterocycles. The van der Waals surface area contributed by atoms with Crippen molar-refractivity contribution in [3.63, 3.8) is 0 Å². The third-order valence-electron chi connectivity index (χ3n) is 3.26. The minimum absolute atomic E-state index is 0.0151. The molecule has 0 saturated carbocycles. The summed E-state index contributed by atoms with van der Waals surface area (Å²) in [5, 5.41) is 17.0. The molecule has 20 heavy (non-hydrogen) atoms. The van der Waals surface area contributed by atoms with Gasteiger partial charge in [-0.25, -0.2) is 9.78 Å². The summed E-state index contributed by atoms with van der Waals surface area (Å²) in [6, 6.07) is 9.35. The molecule has 1 aromatic heterocycles. The molecule has 0 radical (unpaired) electrons. The number of nitrogens with zero attached hydrogens (tertiary/aromatic N) is 3. The van der Waals surface area contributed by atoms with Gasteiger partial charge in [0, 0.05) is 5.56 Å². The molecule has 2 rings (SSSR count). The first-order valence-electron chi connectivity index (χ1n) is 6.24. The van der Waals surface area contributed by atoms with Crippen LogP contribution in [0.3, 0.4) is 0 Å². The average molecular weight is 272 g/mol. The SMILES string of the molecule is CC(C)[C@](N)(C(=O)O)c1nncc(-c2ccccc2)n1. The molecule has 6 nitrogen and oxygen atoms in total. The molecule has 0 aliphatic rings. The third kappa shape index (κ3) is 2.37. The fourth-order valence-corrected chi connectivity index (χ4v) is 1.83. The van der Waals surface area contributed by atoms with E-state index in [-0.39, 0.29) is 11.7 Å². The van der Waals surface area contributed by atoms with Crippen molar-refractivity contribution >= 4 is 5.97 Å². The lowest BCUT2D eigenvalue weighted by molar-refractivity contribution is -0.146. The second-order valence-electron chi connectivity index (χ2n) is 4.86. The van der Waals surface area contributed by atoms with Gasteiger partial charge >= 0.3 is 5.97 Å². The van der Waals surface area contributed by atoms with Crippen molar-refractivity contribution in [3.8, 4) is 11.3 Å². The minimum atomic E-state index is -1.65. The Balaban J connectivity index is 2.52. The minimum Gasteiger partial charge on any atom is -0.480 e.